The average Bonchev–Trinajstić information content (AvgIpc) is 2.67. The van der Waals surface area contributed by atoms with Gasteiger partial charge in [-0.05, 0) is 37.1 Å². The smallest absolute Gasteiger partial charge is 0.300 e. The minimum absolute atomic E-state index is 0. The Hall–Kier alpha value is -2.63. The predicted octanol–water partition coefficient (Wildman–Crippen LogP) is 4.04. The Balaban J connectivity index is 0.000000771. The van der Waals surface area contributed by atoms with E-state index in [-0.39, 0.29) is 40.7 Å². The van der Waals surface area contributed by atoms with Crippen LogP contribution in [0.5, 0.6) is 11.5 Å². The standard InChI is InChI=1S/C20H22N2O2.C2H4O2.Mn/c23-19-11-5-1-7-15(19)13-21-17-9-3-4-10-18(17)22-14-16-8-2-6-12-20(16)24;1-2(3)4;/h1-2,5-8,11-14,17-18,23-24H,3-4,9-10H2;1H3,(H,3,4);. The fourth-order valence-electron chi connectivity index (χ4n) is 2.98. The molecule has 2 atom stereocenters. The second kappa shape index (κ2) is 12.8. The Kier molecular flexibility index (Phi) is 10.7. The molecule has 29 heavy (non-hydrogen) atoms. The van der Waals surface area contributed by atoms with Crippen molar-refractivity contribution in [2.24, 2.45) is 9.98 Å². The van der Waals surface area contributed by atoms with Gasteiger partial charge >= 0.3 is 0 Å². The average molecular weight is 437 g/mol. The van der Waals surface area contributed by atoms with Gasteiger partial charge in [0.05, 0.1) is 12.1 Å². The SMILES string of the molecule is CC(=O)O.Oc1ccccc1C=NC1CCCCC1N=Cc1ccccc1O.[Mn]. The van der Waals surface area contributed by atoms with Crippen LogP contribution in [-0.2, 0) is 21.9 Å². The molecule has 0 heterocycles. The van der Waals surface area contributed by atoms with Crippen LogP contribution in [0.4, 0.5) is 0 Å². The van der Waals surface area contributed by atoms with E-state index in [1.807, 2.05) is 24.3 Å². The number of benzene rings is 2. The Labute approximate surface area is 181 Å². The molecule has 1 saturated carbocycles. The summed E-state index contributed by atoms with van der Waals surface area (Å²) in [4.78, 5) is 18.3. The van der Waals surface area contributed by atoms with Crippen LogP contribution in [0.3, 0.4) is 0 Å². The molecule has 3 N–H and O–H groups in total. The van der Waals surface area contributed by atoms with E-state index in [0.29, 0.717) is 0 Å². The summed E-state index contributed by atoms with van der Waals surface area (Å²) >= 11 is 0. The number of carbonyl (C=O) groups is 1. The van der Waals surface area contributed by atoms with Crippen molar-refractivity contribution in [2.45, 2.75) is 44.7 Å². The van der Waals surface area contributed by atoms with Gasteiger partial charge in [-0.3, -0.25) is 14.8 Å². The zero-order valence-corrected chi connectivity index (χ0v) is 17.5. The molecule has 0 spiro atoms. The van der Waals surface area contributed by atoms with Crippen molar-refractivity contribution in [1.29, 1.82) is 0 Å². The third kappa shape index (κ3) is 8.50. The van der Waals surface area contributed by atoms with Crippen molar-refractivity contribution < 1.29 is 37.2 Å². The number of hydrogen-bond donors (Lipinski definition) is 3. The molecule has 0 saturated heterocycles. The largest absolute Gasteiger partial charge is 0.507 e. The van der Waals surface area contributed by atoms with Gasteiger partial charge in [-0.1, -0.05) is 37.1 Å². The number of hydrogen-bond acceptors (Lipinski definition) is 5. The molecule has 1 fully saturated rings. The maximum atomic E-state index is 9.84. The summed E-state index contributed by atoms with van der Waals surface area (Å²) in [5.74, 6) is -0.349. The van der Waals surface area contributed by atoms with Gasteiger partial charge in [0.2, 0.25) is 0 Å². The molecule has 2 unspecified atom stereocenters. The summed E-state index contributed by atoms with van der Waals surface area (Å²) in [6.07, 6.45) is 7.76. The molecular formula is C22H26MnN2O4. The number of phenols is 2. The first-order valence-corrected chi connectivity index (χ1v) is 9.29. The van der Waals surface area contributed by atoms with Crippen LogP contribution in [0.25, 0.3) is 0 Å². The van der Waals surface area contributed by atoms with Crippen LogP contribution >= 0.6 is 0 Å². The minimum Gasteiger partial charge on any atom is -0.507 e. The quantitative estimate of drug-likeness (QED) is 0.496. The molecule has 1 aliphatic rings. The second-order valence-corrected chi connectivity index (χ2v) is 6.61. The van der Waals surface area contributed by atoms with E-state index in [1.165, 1.54) is 0 Å². The summed E-state index contributed by atoms with van der Waals surface area (Å²) < 4.78 is 0. The van der Waals surface area contributed by atoms with Gasteiger partial charge in [0, 0.05) is 47.5 Å². The predicted molar refractivity (Wildman–Crippen MR) is 111 cm³/mol. The number of rotatable bonds is 4. The van der Waals surface area contributed by atoms with Crippen LogP contribution in [0.15, 0.2) is 58.5 Å². The Morgan fingerprint density at radius 2 is 1.21 bits per heavy atom. The molecule has 2 aromatic rings. The van der Waals surface area contributed by atoms with E-state index in [2.05, 4.69) is 9.98 Å². The van der Waals surface area contributed by atoms with E-state index in [9.17, 15) is 10.2 Å². The van der Waals surface area contributed by atoms with Gasteiger partial charge in [-0.25, -0.2) is 0 Å². The van der Waals surface area contributed by atoms with Gasteiger partial charge in [0.1, 0.15) is 11.5 Å². The first-order chi connectivity index (χ1) is 13.5. The second-order valence-electron chi connectivity index (χ2n) is 6.61. The van der Waals surface area contributed by atoms with Crippen molar-refractivity contribution >= 4 is 18.4 Å². The summed E-state index contributed by atoms with van der Waals surface area (Å²) in [5, 5.41) is 27.1. The van der Waals surface area contributed by atoms with E-state index in [4.69, 9.17) is 9.90 Å². The maximum Gasteiger partial charge on any atom is 0.300 e. The van der Waals surface area contributed by atoms with Crippen molar-refractivity contribution in [2.75, 3.05) is 0 Å². The van der Waals surface area contributed by atoms with Crippen molar-refractivity contribution in [3.05, 3.63) is 59.7 Å². The van der Waals surface area contributed by atoms with Crippen molar-refractivity contribution in [1.82, 2.24) is 0 Å². The summed E-state index contributed by atoms with van der Waals surface area (Å²) in [7, 11) is 0. The maximum absolute atomic E-state index is 9.84. The fraction of sp³-hybridized carbons (Fsp3) is 0.318. The Morgan fingerprint density at radius 1 is 0.862 bits per heavy atom. The summed E-state index contributed by atoms with van der Waals surface area (Å²) in [6.45, 7) is 1.08. The monoisotopic (exact) mass is 437 g/mol. The van der Waals surface area contributed by atoms with E-state index >= 15 is 0 Å². The third-order valence-electron chi connectivity index (χ3n) is 4.38. The third-order valence-corrected chi connectivity index (χ3v) is 4.38. The zero-order valence-electron chi connectivity index (χ0n) is 16.3. The van der Waals surface area contributed by atoms with E-state index in [0.717, 1.165) is 43.7 Å². The Bertz CT molecular complexity index is 772. The van der Waals surface area contributed by atoms with Gasteiger partial charge in [0.25, 0.3) is 5.97 Å². The van der Waals surface area contributed by atoms with E-state index in [1.54, 1.807) is 36.7 Å². The molecule has 0 bridgehead atoms. The fourth-order valence-corrected chi connectivity index (χ4v) is 2.98. The summed E-state index contributed by atoms with van der Waals surface area (Å²) in [6, 6.07) is 14.6. The van der Waals surface area contributed by atoms with Crippen LogP contribution in [0.2, 0.25) is 0 Å². The molecular weight excluding hydrogens is 411 g/mol. The molecule has 0 amide bonds. The number of carboxylic acid groups (broad SMARTS) is 1. The van der Waals surface area contributed by atoms with E-state index < -0.39 is 5.97 Å². The van der Waals surface area contributed by atoms with Crippen molar-refractivity contribution in [3.63, 3.8) is 0 Å². The molecule has 1 aliphatic carbocycles. The molecule has 0 aromatic heterocycles. The van der Waals surface area contributed by atoms with Crippen LogP contribution in [0.1, 0.15) is 43.7 Å². The first kappa shape index (κ1) is 24.4. The number of phenolic OH excluding ortho intramolecular Hbond substituents is 2. The number of carboxylic acids is 1. The van der Waals surface area contributed by atoms with Crippen LogP contribution < -0.4 is 0 Å². The number of nitrogens with zero attached hydrogens (tertiary/aromatic N) is 2. The molecule has 7 heteroatoms. The van der Waals surface area contributed by atoms with Gasteiger partial charge in [-0.15, -0.1) is 0 Å². The van der Waals surface area contributed by atoms with Gasteiger partial charge < -0.3 is 15.3 Å². The van der Waals surface area contributed by atoms with Crippen LogP contribution in [-0.4, -0.2) is 45.8 Å². The molecule has 1 radical (unpaired) electrons. The van der Waals surface area contributed by atoms with Gasteiger partial charge in [0.15, 0.2) is 0 Å². The first-order valence-electron chi connectivity index (χ1n) is 9.29. The Morgan fingerprint density at radius 3 is 1.55 bits per heavy atom. The zero-order chi connectivity index (χ0) is 20.4. The van der Waals surface area contributed by atoms with Crippen LogP contribution in [0, 0.1) is 0 Å². The summed E-state index contributed by atoms with van der Waals surface area (Å²) in [5.41, 5.74) is 1.46. The molecule has 6 nitrogen and oxygen atoms in total. The number of para-hydroxylation sites is 2. The van der Waals surface area contributed by atoms with Crippen molar-refractivity contribution in [3.8, 4) is 11.5 Å². The molecule has 3 rings (SSSR count). The number of aromatic hydroxyl groups is 2. The normalized spacial score (nSPS) is 18.7. The minimum atomic E-state index is -0.833. The van der Waals surface area contributed by atoms with Gasteiger partial charge in [-0.2, -0.15) is 0 Å². The molecule has 155 valence electrons. The number of aliphatic carboxylic acids is 1. The molecule has 0 aliphatic heterocycles. The number of aliphatic imine (C=N–C) groups is 2. The molecule has 2 aromatic carbocycles. The topological polar surface area (TPSA) is 102 Å².